The zero-order valence-corrected chi connectivity index (χ0v) is 12.4. The van der Waals surface area contributed by atoms with Gasteiger partial charge in [-0.2, -0.15) is 0 Å². The minimum absolute atomic E-state index is 0.124. The van der Waals surface area contributed by atoms with Crippen molar-refractivity contribution in [3.05, 3.63) is 34.6 Å². The van der Waals surface area contributed by atoms with Crippen molar-refractivity contribution in [2.75, 3.05) is 6.54 Å². The van der Waals surface area contributed by atoms with E-state index in [1.165, 1.54) is 12.1 Å². The van der Waals surface area contributed by atoms with E-state index in [2.05, 4.69) is 19.2 Å². The molecule has 0 aliphatic rings. The Hall–Kier alpha value is -0.310. The van der Waals surface area contributed by atoms with Crippen LogP contribution in [0.4, 0.5) is 4.39 Å². The van der Waals surface area contributed by atoms with Crippen LogP contribution in [0.15, 0.2) is 18.2 Å². The van der Waals surface area contributed by atoms with Gasteiger partial charge in [0.2, 0.25) is 0 Å². The van der Waals surface area contributed by atoms with E-state index in [4.69, 9.17) is 23.2 Å². The van der Waals surface area contributed by atoms with Gasteiger partial charge in [0.05, 0.1) is 0 Å². The normalized spacial score (nSPS) is 13.0. The quantitative estimate of drug-likeness (QED) is 0.723. The molecule has 1 aromatic carbocycles. The molecule has 0 aliphatic heterocycles. The fourth-order valence-electron chi connectivity index (χ4n) is 1.98. The molecule has 0 saturated carbocycles. The average Bonchev–Trinajstić information content (AvgIpc) is 2.33. The van der Waals surface area contributed by atoms with Gasteiger partial charge >= 0.3 is 0 Å². The van der Waals surface area contributed by atoms with Gasteiger partial charge in [0.15, 0.2) is 0 Å². The number of hydrogen-bond acceptors (Lipinski definition) is 1. The van der Waals surface area contributed by atoms with Gasteiger partial charge in [-0.3, -0.25) is 0 Å². The molecule has 0 bridgehead atoms. The van der Waals surface area contributed by atoms with Crippen LogP contribution in [0.3, 0.4) is 0 Å². The lowest BCUT2D eigenvalue weighted by molar-refractivity contribution is 0.446. The summed E-state index contributed by atoms with van der Waals surface area (Å²) in [4.78, 5) is 0. The summed E-state index contributed by atoms with van der Waals surface area (Å²) in [5, 5.41) is 3.85. The van der Waals surface area contributed by atoms with Crippen LogP contribution in [-0.2, 0) is 6.54 Å². The number of halogens is 3. The van der Waals surface area contributed by atoms with E-state index in [0.717, 1.165) is 24.9 Å². The van der Waals surface area contributed by atoms with Crippen molar-refractivity contribution < 1.29 is 4.39 Å². The van der Waals surface area contributed by atoms with Crippen molar-refractivity contribution >= 4 is 23.2 Å². The first kappa shape index (κ1) is 15.7. The van der Waals surface area contributed by atoms with Crippen LogP contribution >= 0.6 is 23.2 Å². The Labute approximate surface area is 119 Å². The van der Waals surface area contributed by atoms with Gasteiger partial charge < -0.3 is 5.32 Å². The highest BCUT2D eigenvalue weighted by Gasteiger charge is 2.15. The van der Waals surface area contributed by atoms with Gasteiger partial charge in [-0.15, -0.1) is 11.6 Å². The molecule has 1 unspecified atom stereocenters. The van der Waals surface area contributed by atoms with Crippen LogP contribution in [0.1, 0.15) is 32.3 Å². The number of nitrogens with one attached hydrogen (secondary N) is 1. The predicted octanol–water partition coefficient (Wildman–Crippen LogP) is 4.61. The first-order valence-electron chi connectivity index (χ1n) is 6.37. The van der Waals surface area contributed by atoms with Crippen LogP contribution in [0.5, 0.6) is 0 Å². The van der Waals surface area contributed by atoms with Crippen molar-refractivity contribution in [3.8, 4) is 0 Å². The number of benzene rings is 1. The highest BCUT2D eigenvalue weighted by atomic mass is 35.5. The van der Waals surface area contributed by atoms with E-state index in [-0.39, 0.29) is 11.2 Å². The molecule has 0 heterocycles. The van der Waals surface area contributed by atoms with Crippen molar-refractivity contribution in [2.24, 2.45) is 5.92 Å². The molecule has 0 saturated heterocycles. The van der Waals surface area contributed by atoms with Gasteiger partial charge in [-0.25, -0.2) is 4.39 Å². The Morgan fingerprint density at radius 3 is 2.50 bits per heavy atom. The molecule has 1 rings (SSSR count). The van der Waals surface area contributed by atoms with E-state index in [0.29, 0.717) is 17.5 Å². The number of rotatable bonds is 7. The molecule has 0 fully saturated rings. The molecule has 1 N–H and O–H groups in total. The van der Waals surface area contributed by atoms with Crippen LogP contribution in [0.2, 0.25) is 5.02 Å². The Balaban J connectivity index is 2.41. The fourth-order valence-corrected chi connectivity index (χ4v) is 2.68. The second-order valence-electron chi connectivity index (χ2n) is 4.46. The van der Waals surface area contributed by atoms with Gasteiger partial charge in [0.1, 0.15) is 5.82 Å². The lowest BCUT2D eigenvalue weighted by Gasteiger charge is -2.19. The van der Waals surface area contributed by atoms with Gasteiger partial charge in [0, 0.05) is 23.5 Å². The molecular weight excluding hydrogens is 272 g/mol. The van der Waals surface area contributed by atoms with Crippen molar-refractivity contribution in [3.63, 3.8) is 0 Å². The largest absolute Gasteiger partial charge is 0.311 e. The molecule has 102 valence electrons. The van der Waals surface area contributed by atoms with E-state index >= 15 is 0 Å². The Bertz CT molecular complexity index is 367. The third-order valence-electron chi connectivity index (χ3n) is 3.23. The average molecular weight is 292 g/mol. The van der Waals surface area contributed by atoms with Gasteiger partial charge in [-0.05, 0) is 23.6 Å². The van der Waals surface area contributed by atoms with E-state index in [1.54, 1.807) is 6.07 Å². The highest BCUT2D eigenvalue weighted by molar-refractivity contribution is 6.31. The van der Waals surface area contributed by atoms with Crippen LogP contribution in [0.25, 0.3) is 0 Å². The zero-order chi connectivity index (χ0) is 13.5. The molecule has 1 nitrogen and oxygen atoms in total. The lowest BCUT2D eigenvalue weighted by Crippen LogP contribution is -2.28. The Kier molecular flexibility index (Phi) is 6.98. The third kappa shape index (κ3) is 4.75. The second-order valence-corrected chi connectivity index (χ2v) is 5.43. The first-order valence-corrected chi connectivity index (χ1v) is 7.18. The van der Waals surface area contributed by atoms with E-state index in [1.807, 2.05) is 0 Å². The molecule has 0 spiro atoms. The molecule has 0 aliphatic carbocycles. The van der Waals surface area contributed by atoms with Crippen LogP contribution < -0.4 is 5.32 Å². The standard InChI is InChI=1S/C14H20Cl2FN/c1-3-10(4-2)14(16)9-18-8-11-5-6-12(17)7-13(11)15/h5-7,10,14,18H,3-4,8-9H2,1-2H3. The van der Waals surface area contributed by atoms with Crippen molar-refractivity contribution in [1.29, 1.82) is 0 Å². The maximum atomic E-state index is 12.9. The summed E-state index contributed by atoms with van der Waals surface area (Å²) in [6.45, 7) is 5.66. The number of alkyl halides is 1. The van der Waals surface area contributed by atoms with Crippen molar-refractivity contribution in [2.45, 2.75) is 38.6 Å². The van der Waals surface area contributed by atoms with E-state index in [9.17, 15) is 4.39 Å². The summed E-state index contributed by atoms with van der Waals surface area (Å²) in [6, 6.07) is 4.45. The summed E-state index contributed by atoms with van der Waals surface area (Å²) in [7, 11) is 0. The number of hydrogen-bond donors (Lipinski definition) is 1. The zero-order valence-electron chi connectivity index (χ0n) is 10.8. The summed E-state index contributed by atoms with van der Waals surface area (Å²) in [6.07, 6.45) is 2.17. The summed E-state index contributed by atoms with van der Waals surface area (Å²) < 4.78 is 12.9. The molecule has 0 radical (unpaired) electrons. The molecule has 0 amide bonds. The molecule has 1 atom stereocenters. The molecular formula is C14H20Cl2FN. The van der Waals surface area contributed by atoms with Gasteiger partial charge in [-0.1, -0.05) is 44.4 Å². The summed E-state index contributed by atoms with van der Waals surface area (Å²) in [5.41, 5.74) is 0.895. The summed E-state index contributed by atoms with van der Waals surface area (Å²) >= 11 is 12.3. The first-order chi connectivity index (χ1) is 8.58. The lowest BCUT2D eigenvalue weighted by atomic mass is 9.99. The fraction of sp³-hybridized carbons (Fsp3) is 0.571. The third-order valence-corrected chi connectivity index (χ3v) is 4.09. The maximum absolute atomic E-state index is 12.9. The van der Waals surface area contributed by atoms with Crippen molar-refractivity contribution in [1.82, 2.24) is 5.32 Å². The summed E-state index contributed by atoms with van der Waals surface area (Å²) in [5.74, 6) is 0.221. The molecule has 0 aromatic heterocycles. The molecule has 4 heteroatoms. The van der Waals surface area contributed by atoms with Crippen LogP contribution in [0, 0.1) is 11.7 Å². The Morgan fingerprint density at radius 2 is 1.94 bits per heavy atom. The minimum atomic E-state index is -0.309. The highest BCUT2D eigenvalue weighted by Crippen LogP contribution is 2.19. The molecule has 1 aromatic rings. The molecule has 18 heavy (non-hydrogen) atoms. The Morgan fingerprint density at radius 1 is 1.28 bits per heavy atom. The van der Waals surface area contributed by atoms with Gasteiger partial charge in [0.25, 0.3) is 0 Å². The topological polar surface area (TPSA) is 12.0 Å². The van der Waals surface area contributed by atoms with E-state index < -0.39 is 0 Å². The predicted molar refractivity (Wildman–Crippen MR) is 76.8 cm³/mol. The maximum Gasteiger partial charge on any atom is 0.124 e. The smallest absolute Gasteiger partial charge is 0.124 e. The SMILES string of the molecule is CCC(CC)C(Cl)CNCc1ccc(F)cc1Cl. The monoisotopic (exact) mass is 291 g/mol. The minimum Gasteiger partial charge on any atom is -0.311 e. The second kappa shape index (κ2) is 7.98. The van der Waals surface area contributed by atoms with Crippen LogP contribution in [-0.4, -0.2) is 11.9 Å².